The lowest BCUT2D eigenvalue weighted by Gasteiger charge is -2.18. The molecule has 3 rings (SSSR count). The predicted molar refractivity (Wildman–Crippen MR) is 84.5 cm³/mol. The van der Waals surface area contributed by atoms with Crippen LogP contribution in [0.3, 0.4) is 0 Å². The zero-order valence-corrected chi connectivity index (χ0v) is 13.8. The van der Waals surface area contributed by atoms with E-state index in [4.69, 9.17) is 0 Å². The number of nitrogens with zero attached hydrogens (tertiary/aromatic N) is 3. The first-order valence-electron chi connectivity index (χ1n) is 7.97. The summed E-state index contributed by atoms with van der Waals surface area (Å²) >= 11 is 0. The van der Waals surface area contributed by atoms with Gasteiger partial charge in [-0.05, 0) is 31.7 Å². The number of likely N-dealkylation sites (tertiary alicyclic amines) is 1. The van der Waals surface area contributed by atoms with Gasteiger partial charge in [0, 0.05) is 38.4 Å². The molecule has 23 heavy (non-hydrogen) atoms. The van der Waals surface area contributed by atoms with E-state index in [1.165, 1.54) is 27.2 Å². The number of hydrogen-bond donors (Lipinski definition) is 0. The molecule has 0 radical (unpaired) electrons. The van der Waals surface area contributed by atoms with Crippen molar-refractivity contribution in [3.05, 3.63) is 28.7 Å². The summed E-state index contributed by atoms with van der Waals surface area (Å²) < 4.78 is 27.7. The summed E-state index contributed by atoms with van der Waals surface area (Å²) in [5, 5.41) is 0. The molecule has 3 heterocycles. The van der Waals surface area contributed by atoms with Gasteiger partial charge in [0.15, 0.2) is 0 Å². The maximum atomic E-state index is 12.6. The van der Waals surface area contributed by atoms with Crippen molar-refractivity contribution >= 4 is 15.9 Å². The minimum Gasteiger partial charge on any atom is -0.341 e. The Morgan fingerprint density at radius 3 is 2.26 bits per heavy atom. The van der Waals surface area contributed by atoms with Gasteiger partial charge in [-0.25, -0.2) is 8.42 Å². The predicted octanol–water partition coefficient (Wildman–Crippen LogP) is 0.255. The molecule has 2 fully saturated rings. The molecule has 0 aromatic carbocycles. The van der Waals surface area contributed by atoms with Crippen molar-refractivity contribution < 1.29 is 13.2 Å². The average molecular weight is 339 g/mol. The van der Waals surface area contributed by atoms with Crippen LogP contribution in [0, 0.1) is 0 Å². The van der Waals surface area contributed by atoms with Gasteiger partial charge >= 0.3 is 0 Å². The summed E-state index contributed by atoms with van der Waals surface area (Å²) in [4.78, 5) is 25.9. The number of amides is 1. The number of pyridine rings is 1. The number of carbonyl (C=O) groups excluding carboxylic acids is 1. The van der Waals surface area contributed by atoms with Crippen LogP contribution in [0.4, 0.5) is 0 Å². The Morgan fingerprint density at radius 1 is 1.00 bits per heavy atom. The van der Waals surface area contributed by atoms with Gasteiger partial charge in [0.2, 0.25) is 15.9 Å². The van der Waals surface area contributed by atoms with Crippen molar-refractivity contribution in [2.75, 3.05) is 26.2 Å². The van der Waals surface area contributed by atoms with Crippen LogP contribution in [0.15, 0.2) is 28.0 Å². The summed E-state index contributed by atoms with van der Waals surface area (Å²) in [5.41, 5.74) is -0.363. The van der Waals surface area contributed by atoms with Crippen LogP contribution in [-0.4, -0.2) is 54.3 Å². The quantitative estimate of drug-likeness (QED) is 0.788. The molecule has 0 N–H and O–H groups in total. The number of hydrogen-bond acceptors (Lipinski definition) is 4. The summed E-state index contributed by atoms with van der Waals surface area (Å²) in [6, 6.07) is 2.55. The molecular formula is C15H21N3O4S. The number of carbonyl (C=O) groups is 1. The highest BCUT2D eigenvalue weighted by Crippen LogP contribution is 2.19. The maximum absolute atomic E-state index is 12.6. The Kier molecular flexibility index (Phi) is 4.54. The number of aromatic nitrogens is 1. The van der Waals surface area contributed by atoms with Crippen LogP contribution in [-0.2, 0) is 21.4 Å². The standard InChI is InChI=1S/C15H21N3O4S/c19-14-6-5-13(23(21,22)18-9-3-4-10-18)11-17(14)12-15(20)16-7-1-2-8-16/h5-6,11H,1-4,7-10,12H2. The molecule has 0 aliphatic carbocycles. The smallest absolute Gasteiger partial charge is 0.251 e. The summed E-state index contributed by atoms with van der Waals surface area (Å²) in [7, 11) is -3.58. The van der Waals surface area contributed by atoms with Crippen molar-refractivity contribution in [1.82, 2.24) is 13.8 Å². The van der Waals surface area contributed by atoms with E-state index in [0.29, 0.717) is 26.2 Å². The van der Waals surface area contributed by atoms with Crippen molar-refractivity contribution in [1.29, 1.82) is 0 Å². The van der Waals surface area contributed by atoms with E-state index in [1.807, 2.05) is 0 Å². The largest absolute Gasteiger partial charge is 0.341 e. The van der Waals surface area contributed by atoms with Gasteiger partial charge in [0.25, 0.3) is 5.56 Å². The van der Waals surface area contributed by atoms with Gasteiger partial charge in [-0.2, -0.15) is 4.31 Å². The fourth-order valence-electron chi connectivity index (χ4n) is 3.08. The second-order valence-electron chi connectivity index (χ2n) is 6.03. The maximum Gasteiger partial charge on any atom is 0.251 e. The second kappa shape index (κ2) is 6.45. The molecule has 2 saturated heterocycles. The third-order valence-electron chi connectivity index (χ3n) is 4.42. The van der Waals surface area contributed by atoms with Crippen molar-refractivity contribution in [2.24, 2.45) is 0 Å². The van der Waals surface area contributed by atoms with E-state index in [9.17, 15) is 18.0 Å². The second-order valence-corrected chi connectivity index (χ2v) is 7.97. The highest BCUT2D eigenvalue weighted by molar-refractivity contribution is 7.89. The molecule has 1 aromatic rings. The van der Waals surface area contributed by atoms with Crippen molar-refractivity contribution in [2.45, 2.75) is 37.1 Å². The Labute approximate surface area is 135 Å². The van der Waals surface area contributed by atoms with E-state index in [1.54, 1.807) is 4.90 Å². The first-order chi connectivity index (χ1) is 11.0. The minimum atomic E-state index is -3.58. The van der Waals surface area contributed by atoms with Gasteiger partial charge in [0.1, 0.15) is 6.54 Å². The van der Waals surface area contributed by atoms with Gasteiger partial charge in [-0.1, -0.05) is 0 Å². The van der Waals surface area contributed by atoms with E-state index >= 15 is 0 Å². The zero-order valence-electron chi connectivity index (χ0n) is 13.0. The Balaban J connectivity index is 1.84. The molecule has 0 saturated carbocycles. The Hall–Kier alpha value is -1.67. The van der Waals surface area contributed by atoms with E-state index < -0.39 is 10.0 Å². The Bertz CT molecular complexity index is 744. The summed E-state index contributed by atoms with van der Waals surface area (Å²) in [6.45, 7) is 2.32. The third-order valence-corrected chi connectivity index (χ3v) is 6.31. The zero-order chi connectivity index (χ0) is 16.4. The first-order valence-corrected chi connectivity index (χ1v) is 9.41. The molecule has 1 amide bonds. The van der Waals surface area contributed by atoms with E-state index in [2.05, 4.69) is 0 Å². The molecule has 2 aliphatic rings. The van der Waals surface area contributed by atoms with Crippen molar-refractivity contribution in [3.63, 3.8) is 0 Å². The molecule has 0 bridgehead atoms. The molecule has 0 atom stereocenters. The van der Waals surface area contributed by atoms with Crippen LogP contribution in [0.5, 0.6) is 0 Å². The first kappa shape index (κ1) is 16.2. The van der Waals surface area contributed by atoms with Crippen LogP contribution in [0.2, 0.25) is 0 Å². The molecule has 8 heteroatoms. The number of sulfonamides is 1. The van der Waals surface area contributed by atoms with Crippen LogP contribution < -0.4 is 5.56 Å². The molecule has 0 unspecified atom stereocenters. The molecule has 0 spiro atoms. The van der Waals surface area contributed by atoms with Crippen molar-refractivity contribution in [3.8, 4) is 0 Å². The highest BCUT2D eigenvalue weighted by atomic mass is 32.2. The molecule has 126 valence electrons. The van der Waals surface area contributed by atoms with Gasteiger partial charge in [-0.3, -0.25) is 9.59 Å². The Morgan fingerprint density at radius 2 is 1.61 bits per heavy atom. The molecular weight excluding hydrogens is 318 g/mol. The van der Waals surface area contributed by atoms with Crippen LogP contribution >= 0.6 is 0 Å². The lowest BCUT2D eigenvalue weighted by molar-refractivity contribution is -0.130. The van der Waals surface area contributed by atoms with E-state index in [-0.39, 0.29) is 22.9 Å². The number of rotatable bonds is 4. The lowest BCUT2D eigenvalue weighted by Crippen LogP contribution is -2.35. The molecule has 1 aromatic heterocycles. The minimum absolute atomic E-state index is 0.0771. The van der Waals surface area contributed by atoms with Gasteiger partial charge in [-0.15, -0.1) is 0 Å². The fraction of sp³-hybridized carbons (Fsp3) is 0.600. The normalized spacial score (nSPS) is 19.4. The third kappa shape index (κ3) is 3.32. The van der Waals surface area contributed by atoms with Crippen LogP contribution in [0.25, 0.3) is 0 Å². The summed E-state index contributed by atoms with van der Waals surface area (Å²) in [6.07, 6.45) is 4.95. The molecule has 7 nitrogen and oxygen atoms in total. The van der Waals surface area contributed by atoms with Gasteiger partial charge in [0.05, 0.1) is 4.90 Å². The highest BCUT2D eigenvalue weighted by Gasteiger charge is 2.28. The SMILES string of the molecule is O=C(Cn1cc(S(=O)(=O)N2CCCC2)ccc1=O)N1CCCC1. The average Bonchev–Trinajstić information content (AvgIpc) is 3.23. The fourth-order valence-corrected chi connectivity index (χ4v) is 4.61. The van der Waals surface area contributed by atoms with E-state index in [0.717, 1.165) is 25.7 Å². The molecule has 2 aliphatic heterocycles. The summed E-state index contributed by atoms with van der Waals surface area (Å²) in [5.74, 6) is -0.139. The van der Waals surface area contributed by atoms with Crippen LogP contribution in [0.1, 0.15) is 25.7 Å². The monoisotopic (exact) mass is 339 g/mol. The van der Waals surface area contributed by atoms with Gasteiger partial charge < -0.3 is 9.47 Å². The topological polar surface area (TPSA) is 79.7 Å². The lowest BCUT2D eigenvalue weighted by atomic mass is 10.4.